The predicted molar refractivity (Wildman–Crippen MR) is 77.6 cm³/mol. The molecule has 0 saturated carbocycles. The molecular formula is C14H19N5O. The molecule has 2 rings (SSSR count). The summed E-state index contributed by atoms with van der Waals surface area (Å²) in [6, 6.07) is 3.47. The van der Waals surface area contributed by atoms with Gasteiger partial charge in [0.2, 0.25) is 0 Å². The first kappa shape index (κ1) is 14.0. The Morgan fingerprint density at radius 1 is 1.35 bits per heavy atom. The number of H-pyrrole nitrogens is 1. The highest BCUT2D eigenvalue weighted by Gasteiger charge is 2.06. The van der Waals surface area contributed by atoms with Crippen molar-refractivity contribution in [2.75, 3.05) is 18.4 Å². The number of aryl methyl sites for hydroxylation is 1. The lowest BCUT2D eigenvalue weighted by Crippen LogP contribution is -2.25. The number of nitrogens with zero attached hydrogens (tertiary/aromatic N) is 2. The second-order valence-corrected chi connectivity index (χ2v) is 4.36. The number of nitrogens with one attached hydrogen (secondary N) is 3. The molecule has 0 aliphatic rings. The average Bonchev–Trinajstić information content (AvgIpc) is 2.97. The number of aromatic amines is 1. The minimum Gasteiger partial charge on any atom is -0.370 e. The van der Waals surface area contributed by atoms with E-state index in [-0.39, 0.29) is 5.91 Å². The van der Waals surface area contributed by atoms with Crippen LogP contribution >= 0.6 is 0 Å². The number of hydrogen-bond acceptors (Lipinski definition) is 4. The molecule has 0 aliphatic heterocycles. The lowest BCUT2D eigenvalue weighted by Gasteiger charge is -2.06. The predicted octanol–water partition coefficient (Wildman–Crippen LogP) is 1.60. The maximum absolute atomic E-state index is 12.0. The Morgan fingerprint density at radius 2 is 2.25 bits per heavy atom. The summed E-state index contributed by atoms with van der Waals surface area (Å²) in [5.74, 6) is 1.58. The fourth-order valence-corrected chi connectivity index (χ4v) is 1.84. The number of anilines is 1. The molecule has 0 unspecified atom stereocenters. The maximum atomic E-state index is 12.0. The van der Waals surface area contributed by atoms with E-state index in [1.807, 2.05) is 6.92 Å². The van der Waals surface area contributed by atoms with Crippen molar-refractivity contribution < 1.29 is 4.79 Å². The molecule has 2 aromatic heterocycles. The molecule has 1 amide bonds. The van der Waals surface area contributed by atoms with Gasteiger partial charge in [-0.05, 0) is 25.5 Å². The van der Waals surface area contributed by atoms with E-state index in [9.17, 15) is 4.79 Å². The Kier molecular flexibility index (Phi) is 5.11. The Bertz CT molecular complexity index is 538. The number of carbonyl (C=O) groups is 1. The van der Waals surface area contributed by atoms with Crippen LogP contribution in [-0.2, 0) is 6.42 Å². The Balaban J connectivity index is 1.78. The van der Waals surface area contributed by atoms with Gasteiger partial charge in [0.25, 0.3) is 5.91 Å². The number of rotatable bonds is 7. The van der Waals surface area contributed by atoms with Crippen molar-refractivity contribution in [2.45, 2.75) is 19.8 Å². The number of pyridine rings is 1. The van der Waals surface area contributed by atoms with Crippen LogP contribution < -0.4 is 10.6 Å². The third-order valence-corrected chi connectivity index (χ3v) is 2.81. The Hall–Kier alpha value is -2.37. The zero-order valence-electron chi connectivity index (χ0n) is 11.5. The molecule has 0 radical (unpaired) electrons. The van der Waals surface area contributed by atoms with E-state index >= 15 is 0 Å². The largest absolute Gasteiger partial charge is 0.370 e. The average molecular weight is 273 g/mol. The van der Waals surface area contributed by atoms with E-state index in [0.717, 1.165) is 31.0 Å². The molecule has 0 fully saturated rings. The fourth-order valence-electron chi connectivity index (χ4n) is 1.84. The van der Waals surface area contributed by atoms with E-state index in [4.69, 9.17) is 0 Å². The highest BCUT2D eigenvalue weighted by Crippen LogP contribution is 2.06. The molecule has 0 spiro atoms. The third-order valence-electron chi connectivity index (χ3n) is 2.81. The molecule has 0 atom stereocenters. The van der Waals surface area contributed by atoms with Gasteiger partial charge in [-0.15, -0.1) is 0 Å². The summed E-state index contributed by atoms with van der Waals surface area (Å²) >= 11 is 0. The van der Waals surface area contributed by atoms with E-state index in [0.29, 0.717) is 12.1 Å². The first-order chi connectivity index (χ1) is 9.79. The second-order valence-electron chi connectivity index (χ2n) is 4.36. The highest BCUT2D eigenvalue weighted by atomic mass is 16.1. The van der Waals surface area contributed by atoms with Crippen LogP contribution in [0.2, 0.25) is 0 Å². The van der Waals surface area contributed by atoms with Crippen molar-refractivity contribution in [2.24, 2.45) is 0 Å². The SMILES string of the molecule is CCNc1cc(C(=O)NCCCc2ncc[nH]2)ccn1. The number of amides is 1. The molecule has 0 saturated heterocycles. The first-order valence-electron chi connectivity index (χ1n) is 6.76. The zero-order valence-corrected chi connectivity index (χ0v) is 11.5. The minimum atomic E-state index is -0.0778. The molecule has 0 bridgehead atoms. The first-order valence-corrected chi connectivity index (χ1v) is 6.76. The van der Waals surface area contributed by atoms with Crippen LogP contribution in [-0.4, -0.2) is 33.9 Å². The molecule has 0 aliphatic carbocycles. The molecule has 6 heteroatoms. The number of carbonyl (C=O) groups excluding carboxylic acids is 1. The summed E-state index contributed by atoms with van der Waals surface area (Å²) in [4.78, 5) is 23.3. The van der Waals surface area contributed by atoms with E-state index in [2.05, 4.69) is 25.6 Å². The molecular weight excluding hydrogens is 254 g/mol. The zero-order chi connectivity index (χ0) is 14.2. The van der Waals surface area contributed by atoms with Crippen molar-refractivity contribution in [1.82, 2.24) is 20.3 Å². The van der Waals surface area contributed by atoms with Gasteiger partial charge >= 0.3 is 0 Å². The van der Waals surface area contributed by atoms with Gasteiger partial charge < -0.3 is 15.6 Å². The topological polar surface area (TPSA) is 82.7 Å². The number of hydrogen-bond donors (Lipinski definition) is 3. The molecule has 2 heterocycles. The summed E-state index contributed by atoms with van der Waals surface area (Å²) in [5.41, 5.74) is 0.619. The van der Waals surface area contributed by atoms with Gasteiger partial charge in [-0.25, -0.2) is 9.97 Å². The van der Waals surface area contributed by atoms with Crippen LogP contribution in [0.1, 0.15) is 29.5 Å². The Morgan fingerprint density at radius 3 is 3.00 bits per heavy atom. The van der Waals surface area contributed by atoms with Crippen LogP contribution in [0.4, 0.5) is 5.82 Å². The van der Waals surface area contributed by atoms with Crippen LogP contribution in [0.25, 0.3) is 0 Å². The number of imidazole rings is 1. The lowest BCUT2D eigenvalue weighted by atomic mass is 10.2. The van der Waals surface area contributed by atoms with Gasteiger partial charge in [0.05, 0.1) is 0 Å². The van der Waals surface area contributed by atoms with Crippen molar-refractivity contribution in [1.29, 1.82) is 0 Å². The summed E-state index contributed by atoms with van der Waals surface area (Å²) in [6.07, 6.45) is 6.84. The van der Waals surface area contributed by atoms with Gasteiger partial charge in [-0.3, -0.25) is 4.79 Å². The van der Waals surface area contributed by atoms with Crippen molar-refractivity contribution in [3.05, 3.63) is 42.1 Å². The van der Waals surface area contributed by atoms with Crippen LogP contribution in [0, 0.1) is 0 Å². The molecule has 2 aromatic rings. The fraction of sp³-hybridized carbons (Fsp3) is 0.357. The monoisotopic (exact) mass is 273 g/mol. The van der Waals surface area contributed by atoms with Gasteiger partial charge in [0.1, 0.15) is 11.6 Å². The number of aromatic nitrogens is 3. The quantitative estimate of drug-likeness (QED) is 0.669. The van der Waals surface area contributed by atoms with Crippen molar-refractivity contribution in [3.8, 4) is 0 Å². The Labute approximate surface area is 118 Å². The van der Waals surface area contributed by atoms with Crippen LogP contribution in [0.15, 0.2) is 30.7 Å². The van der Waals surface area contributed by atoms with Crippen LogP contribution in [0.3, 0.4) is 0 Å². The van der Waals surface area contributed by atoms with Gasteiger partial charge in [-0.1, -0.05) is 0 Å². The van der Waals surface area contributed by atoms with Gasteiger partial charge in [0.15, 0.2) is 0 Å². The van der Waals surface area contributed by atoms with Crippen molar-refractivity contribution >= 4 is 11.7 Å². The molecule has 6 nitrogen and oxygen atoms in total. The highest BCUT2D eigenvalue weighted by molar-refractivity contribution is 5.94. The van der Waals surface area contributed by atoms with E-state index < -0.39 is 0 Å². The second kappa shape index (κ2) is 7.28. The summed E-state index contributed by atoms with van der Waals surface area (Å²) in [7, 11) is 0. The summed E-state index contributed by atoms with van der Waals surface area (Å²) < 4.78 is 0. The molecule has 3 N–H and O–H groups in total. The van der Waals surface area contributed by atoms with E-state index in [1.165, 1.54) is 0 Å². The smallest absolute Gasteiger partial charge is 0.251 e. The maximum Gasteiger partial charge on any atom is 0.251 e. The lowest BCUT2D eigenvalue weighted by molar-refractivity contribution is 0.0953. The summed E-state index contributed by atoms with van der Waals surface area (Å²) in [6.45, 7) is 3.39. The molecule has 0 aromatic carbocycles. The van der Waals surface area contributed by atoms with Gasteiger partial charge in [0, 0.05) is 43.7 Å². The van der Waals surface area contributed by atoms with E-state index in [1.54, 1.807) is 30.7 Å². The molecule has 106 valence electrons. The molecule has 20 heavy (non-hydrogen) atoms. The minimum absolute atomic E-state index is 0.0778. The summed E-state index contributed by atoms with van der Waals surface area (Å²) in [5, 5.41) is 5.98. The van der Waals surface area contributed by atoms with Gasteiger partial charge in [-0.2, -0.15) is 0 Å². The standard InChI is InChI=1S/C14H19N5O/c1-2-15-13-10-11(5-7-16-13)14(20)19-6-3-4-12-17-8-9-18-12/h5,7-10H,2-4,6H2,1H3,(H,15,16)(H,17,18)(H,19,20). The third kappa shape index (κ3) is 4.08. The normalized spacial score (nSPS) is 10.2. The van der Waals surface area contributed by atoms with Crippen LogP contribution in [0.5, 0.6) is 0 Å². The van der Waals surface area contributed by atoms with Crippen molar-refractivity contribution in [3.63, 3.8) is 0 Å².